The van der Waals surface area contributed by atoms with E-state index in [1.165, 1.54) is 40.0 Å². The van der Waals surface area contributed by atoms with Gasteiger partial charge in [-0.2, -0.15) is 0 Å². The van der Waals surface area contributed by atoms with Crippen molar-refractivity contribution in [1.29, 1.82) is 0 Å². The number of rotatable bonds is 5. The Bertz CT molecular complexity index is 601. The zero-order valence-corrected chi connectivity index (χ0v) is 15.0. The van der Waals surface area contributed by atoms with E-state index >= 15 is 0 Å². The Morgan fingerprint density at radius 3 is 2.59 bits per heavy atom. The highest BCUT2D eigenvalue weighted by molar-refractivity contribution is 7.39. The number of hydrogen-bond acceptors (Lipinski definition) is 4. The molecule has 0 aliphatic heterocycles. The lowest BCUT2D eigenvalue weighted by Gasteiger charge is -2.27. The molecule has 0 amide bonds. The van der Waals surface area contributed by atoms with E-state index in [0.717, 1.165) is 30.1 Å². The summed E-state index contributed by atoms with van der Waals surface area (Å²) >= 11 is 3.41. The first-order valence-electron chi connectivity index (χ1n) is 8.42. The molecule has 3 rings (SSSR count). The molecule has 1 saturated carbocycles. The highest BCUT2D eigenvalue weighted by Crippen LogP contribution is 2.35. The molecule has 0 unspecified atom stereocenters. The molecule has 4 heteroatoms. The van der Waals surface area contributed by atoms with E-state index in [2.05, 4.69) is 19.9 Å². The topological polar surface area (TPSA) is 26.3 Å². The average molecular weight is 337 g/mol. The number of ether oxygens (including phenoxy) is 1. The molecule has 0 atom stereocenters. The smallest absolute Gasteiger partial charge is 0.348 e. The number of hydrogen-bond donors (Lipinski definition) is 0. The van der Waals surface area contributed by atoms with Crippen LogP contribution in [0.1, 0.15) is 66.9 Å². The highest BCUT2D eigenvalue weighted by atomic mass is 32.2. The molecule has 0 bridgehead atoms. The number of aryl methyl sites for hydroxylation is 1. The van der Waals surface area contributed by atoms with Crippen LogP contribution in [0.4, 0.5) is 0 Å². The van der Waals surface area contributed by atoms with Crippen LogP contribution in [0.3, 0.4) is 0 Å². The molecule has 2 aromatic heterocycles. The Balaban J connectivity index is 1.61. The molecule has 2 aromatic rings. The third-order valence-electron chi connectivity index (χ3n) is 4.61. The van der Waals surface area contributed by atoms with Crippen molar-refractivity contribution in [3.63, 3.8) is 0 Å². The fraction of sp³-hybridized carbons (Fsp3) is 0.611. The van der Waals surface area contributed by atoms with Crippen molar-refractivity contribution in [3.8, 4) is 0 Å². The first-order valence-corrected chi connectivity index (χ1v) is 10.1. The summed E-state index contributed by atoms with van der Waals surface area (Å²) in [7, 11) is 0. The number of carbonyl (C=O) groups is 1. The summed E-state index contributed by atoms with van der Waals surface area (Å²) in [4.78, 5) is 14.5. The predicted octanol–water partition coefficient (Wildman–Crippen LogP) is 6.04. The molecular formula is C18H24O2S2. The van der Waals surface area contributed by atoms with Gasteiger partial charge in [-0.05, 0) is 50.2 Å². The van der Waals surface area contributed by atoms with Gasteiger partial charge in [-0.25, -0.2) is 4.79 Å². The SMILES string of the molecule is CCCc1cc2cc(C(=O)OC3CCC(CC)CC3)sc2s1. The lowest BCUT2D eigenvalue weighted by molar-refractivity contribution is 0.0170. The largest absolute Gasteiger partial charge is 0.458 e. The van der Waals surface area contributed by atoms with E-state index in [4.69, 9.17) is 4.74 Å². The quantitative estimate of drug-likeness (QED) is 0.622. The summed E-state index contributed by atoms with van der Waals surface area (Å²) < 4.78 is 6.98. The molecule has 0 aromatic carbocycles. The van der Waals surface area contributed by atoms with Gasteiger partial charge in [0.15, 0.2) is 0 Å². The Labute approximate surface area is 140 Å². The van der Waals surface area contributed by atoms with Crippen LogP contribution >= 0.6 is 22.7 Å². The van der Waals surface area contributed by atoms with Crippen LogP contribution in [0, 0.1) is 5.92 Å². The lowest BCUT2D eigenvalue weighted by atomic mass is 9.86. The van der Waals surface area contributed by atoms with Gasteiger partial charge in [-0.3, -0.25) is 0 Å². The summed E-state index contributed by atoms with van der Waals surface area (Å²) in [5.74, 6) is 0.712. The molecule has 0 saturated heterocycles. The molecule has 2 nitrogen and oxygen atoms in total. The van der Waals surface area contributed by atoms with E-state index < -0.39 is 0 Å². The second-order valence-corrected chi connectivity index (χ2v) is 8.72. The van der Waals surface area contributed by atoms with Crippen molar-refractivity contribution >= 4 is 38.0 Å². The standard InChI is InChI=1S/C18H24O2S2/c1-3-5-15-10-13-11-16(22-18(13)21-15)17(19)20-14-8-6-12(4-2)7-9-14/h10-12,14H,3-9H2,1-2H3. The van der Waals surface area contributed by atoms with Crippen molar-refractivity contribution in [1.82, 2.24) is 0 Å². The van der Waals surface area contributed by atoms with E-state index in [1.54, 1.807) is 11.3 Å². The molecule has 0 radical (unpaired) electrons. The second-order valence-electron chi connectivity index (χ2n) is 6.27. The van der Waals surface area contributed by atoms with Crippen LogP contribution in [-0.2, 0) is 11.2 Å². The van der Waals surface area contributed by atoms with Crippen molar-refractivity contribution < 1.29 is 9.53 Å². The zero-order chi connectivity index (χ0) is 15.5. The van der Waals surface area contributed by atoms with Crippen LogP contribution in [-0.4, -0.2) is 12.1 Å². The van der Waals surface area contributed by atoms with Gasteiger partial charge in [0.1, 0.15) is 11.0 Å². The van der Waals surface area contributed by atoms with Crippen LogP contribution < -0.4 is 0 Å². The normalized spacial score (nSPS) is 22.1. The monoisotopic (exact) mass is 336 g/mol. The number of thiophene rings is 2. The van der Waals surface area contributed by atoms with Crippen LogP contribution in [0.15, 0.2) is 12.1 Å². The van der Waals surface area contributed by atoms with Crippen molar-refractivity contribution in [2.24, 2.45) is 5.92 Å². The average Bonchev–Trinajstić information content (AvgIpc) is 3.07. The van der Waals surface area contributed by atoms with Gasteiger partial charge in [0, 0.05) is 10.3 Å². The van der Waals surface area contributed by atoms with Gasteiger partial charge in [0.2, 0.25) is 0 Å². The third-order valence-corrected chi connectivity index (χ3v) is 7.04. The molecule has 2 heterocycles. The fourth-order valence-electron chi connectivity index (χ4n) is 3.23. The van der Waals surface area contributed by atoms with Gasteiger partial charge < -0.3 is 4.74 Å². The van der Waals surface area contributed by atoms with Crippen LogP contribution in [0.2, 0.25) is 0 Å². The Morgan fingerprint density at radius 2 is 1.95 bits per heavy atom. The fourth-order valence-corrected chi connectivity index (χ4v) is 5.70. The van der Waals surface area contributed by atoms with Crippen LogP contribution in [0.25, 0.3) is 9.40 Å². The van der Waals surface area contributed by atoms with E-state index in [9.17, 15) is 4.79 Å². The summed E-state index contributed by atoms with van der Waals surface area (Å²) in [6.45, 7) is 4.45. The molecule has 1 aliphatic rings. The highest BCUT2D eigenvalue weighted by Gasteiger charge is 2.24. The first kappa shape index (κ1) is 16.0. The third kappa shape index (κ3) is 3.54. The summed E-state index contributed by atoms with van der Waals surface area (Å²) in [6, 6.07) is 4.24. The number of esters is 1. The molecule has 1 fully saturated rings. The minimum Gasteiger partial charge on any atom is -0.458 e. The molecule has 1 aliphatic carbocycles. The number of carbonyl (C=O) groups excluding carboxylic acids is 1. The molecule has 120 valence electrons. The predicted molar refractivity (Wildman–Crippen MR) is 95.1 cm³/mol. The molecule has 0 N–H and O–H groups in total. The Kier molecular flexibility index (Phi) is 5.19. The van der Waals surface area contributed by atoms with E-state index in [1.807, 2.05) is 17.4 Å². The summed E-state index contributed by atoms with van der Waals surface area (Å²) in [5, 5.41) is 1.21. The Hall–Kier alpha value is -0.870. The summed E-state index contributed by atoms with van der Waals surface area (Å²) in [5.41, 5.74) is 0. The van der Waals surface area contributed by atoms with Gasteiger partial charge in [0.05, 0.1) is 4.01 Å². The van der Waals surface area contributed by atoms with Gasteiger partial charge in [-0.1, -0.05) is 26.7 Å². The lowest BCUT2D eigenvalue weighted by Crippen LogP contribution is -2.24. The van der Waals surface area contributed by atoms with Gasteiger partial charge in [-0.15, -0.1) is 22.7 Å². The Morgan fingerprint density at radius 1 is 1.18 bits per heavy atom. The molecule has 0 spiro atoms. The maximum atomic E-state index is 12.3. The van der Waals surface area contributed by atoms with E-state index in [-0.39, 0.29) is 12.1 Å². The maximum Gasteiger partial charge on any atom is 0.348 e. The van der Waals surface area contributed by atoms with Gasteiger partial charge in [0.25, 0.3) is 0 Å². The molecule has 22 heavy (non-hydrogen) atoms. The minimum absolute atomic E-state index is 0.120. The van der Waals surface area contributed by atoms with Gasteiger partial charge >= 0.3 is 5.97 Å². The van der Waals surface area contributed by atoms with Crippen LogP contribution in [0.5, 0.6) is 0 Å². The van der Waals surface area contributed by atoms with Crippen molar-refractivity contribution in [2.75, 3.05) is 0 Å². The minimum atomic E-state index is -0.120. The van der Waals surface area contributed by atoms with E-state index in [0.29, 0.717) is 0 Å². The number of fused-ring (bicyclic) bond motifs is 1. The first-order chi connectivity index (χ1) is 10.7. The maximum absolute atomic E-state index is 12.3. The zero-order valence-electron chi connectivity index (χ0n) is 13.4. The second kappa shape index (κ2) is 7.14. The van der Waals surface area contributed by atoms with Crippen molar-refractivity contribution in [3.05, 3.63) is 21.9 Å². The van der Waals surface area contributed by atoms with Crippen molar-refractivity contribution in [2.45, 2.75) is 64.9 Å². The molecular weight excluding hydrogens is 312 g/mol. The summed E-state index contributed by atoms with van der Waals surface area (Å²) in [6.07, 6.45) is 8.15.